The van der Waals surface area contributed by atoms with E-state index in [4.69, 9.17) is 9.47 Å². The van der Waals surface area contributed by atoms with Gasteiger partial charge in [0.2, 0.25) is 0 Å². The van der Waals surface area contributed by atoms with E-state index >= 15 is 0 Å². The molecule has 0 bridgehead atoms. The van der Waals surface area contributed by atoms with Gasteiger partial charge < -0.3 is 24.2 Å². The maximum atomic E-state index is 14.3. The SMILES string of the molecule is CCN(C)C[C@@H](C[C@@H](C(C)C)N1CC2(CCN(c3ncnnc3Oc3ccc(F)cc3C(=O)N(CC)C(C)C)C2)C1)OC=O. The minimum atomic E-state index is -0.518. The van der Waals surface area contributed by atoms with Gasteiger partial charge in [-0.05, 0) is 64.9 Å². The first-order valence-corrected chi connectivity index (χ1v) is 15.7. The predicted octanol–water partition coefficient (Wildman–Crippen LogP) is 4.09. The first-order chi connectivity index (χ1) is 21.0. The highest BCUT2D eigenvalue weighted by atomic mass is 19.1. The van der Waals surface area contributed by atoms with Crippen LogP contribution in [0.4, 0.5) is 10.2 Å². The van der Waals surface area contributed by atoms with Crippen LogP contribution in [0.3, 0.4) is 0 Å². The summed E-state index contributed by atoms with van der Waals surface area (Å²) < 4.78 is 26.0. The standard InChI is InChI=1S/C32H48FN7O4/c1-8-37(7)16-25(43-21-41)15-27(22(3)4)39-18-32(19-39)12-13-38(17-32)29-30(36-35-20-34-29)44-28-11-10-24(33)14-26(28)31(42)40(9-2)23(5)6/h10-11,14,20-23,25,27H,8-9,12-13,15-19H2,1-7H3/t25-,27+/m1/s1. The monoisotopic (exact) mass is 613 g/mol. The third kappa shape index (κ3) is 7.63. The van der Waals surface area contributed by atoms with Gasteiger partial charge in [-0.25, -0.2) is 9.37 Å². The number of aromatic nitrogens is 3. The van der Waals surface area contributed by atoms with Crippen LogP contribution in [-0.4, -0.2) is 113 Å². The number of likely N-dealkylation sites (N-methyl/N-ethyl adjacent to an activating group) is 1. The summed E-state index contributed by atoms with van der Waals surface area (Å²) in [5.74, 6) is 0.526. The van der Waals surface area contributed by atoms with Crippen LogP contribution in [0, 0.1) is 17.2 Å². The molecule has 12 heteroatoms. The highest BCUT2D eigenvalue weighted by molar-refractivity contribution is 5.97. The zero-order valence-corrected chi connectivity index (χ0v) is 27.2. The summed E-state index contributed by atoms with van der Waals surface area (Å²) in [4.78, 5) is 37.6. The number of halogens is 1. The molecular weight excluding hydrogens is 565 g/mol. The highest BCUT2D eigenvalue weighted by Gasteiger charge is 2.50. The molecule has 1 aromatic heterocycles. The maximum Gasteiger partial charge on any atom is 0.293 e. The van der Waals surface area contributed by atoms with Gasteiger partial charge in [-0.2, -0.15) is 0 Å². The summed E-state index contributed by atoms with van der Waals surface area (Å²) in [5, 5.41) is 8.18. The fraction of sp³-hybridized carbons (Fsp3) is 0.656. The van der Waals surface area contributed by atoms with Crippen molar-refractivity contribution in [2.45, 2.75) is 72.6 Å². The molecule has 2 fully saturated rings. The molecule has 2 atom stereocenters. The summed E-state index contributed by atoms with van der Waals surface area (Å²) in [7, 11) is 2.04. The van der Waals surface area contributed by atoms with Crippen molar-refractivity contribution < 1.29 is 23.5 Å². The number of nitrogens with zero attached hydrogens (tertiary/aromatic N) is 7. The van der Waals surface area contributed by atoms with Crippen molar-refractivity contribution in [1.29, 1.82) is 0 Å². The van der Waals surface area contributed by atoms with Crippen molar-refractivity contribution >= 4 is 18.2 Å². The maximum absolute atomic E-state index is 14.3. The lowest BCUT2D eigenvalue weighted by molar-refractivity contribution is -0.136. The molecule has 2 saturated heterocycles. The van der Waals surface area contributed by atoms with E-state index in [1.165, 1.54) is 24.5 Å². The lowest BCUT2D eigenvalue weighted by Crippen LogP contribution is -2.62. The third-order valence-electron chi connectivity index (χ3n) is 9.04. The number of carbonyl (C=O) groups excluding carboxylic acids is 2. The number of rotatable bonds is 15. The quantitative estimate of drug-likeness (QED) is 0.273. The molecule has 0 aliphatic carbocycles. The molecular formula is C32H48FN7O4. The minimum absolute atomic E-state index is 0.0587. The molecule has 44 heavy (non-hydrogen) atoms. The Morgan fingerprint density at radius 2 is 1.91 bits per heavy atom. The van der Waals surface area contributed by atoms with Gasteiger partial charge in [-0.15, -0.1) is 10.2 Å². The molecule has 1 amide bonds. The van der Waals surface area contributed by atoms with E-state index in [0.29, 0.717) is 37.3 Å². The zero-order chi connectivity index (χ0) is 32.0. The van der Waals surface area contributed by atoms with E-state index in [9.17, 15) is 14.0 Å². The molecule has 1 spiro atoms. The Hall–Kier alpha value is -3.38. The number of carbonyl (C=O) groups is 2. The van der Waals surface area contributed by atoms with Crippen molar-refractivity contribution in [1.82, 2.24) is 29.9 Å². The van der Waals surface area contributed by atoms with E-state index in [2.05, 4.69) is 50.7 Å². The van der Waals surface area contributed by atoms with Crippen LogP contribution in [0.15, 0.2) is 24.5 Å². The molecule has 1 aromatic carbocycles. The Kier molecular flexibility index (Phi) is 11.1. The van der Waals surface area contributed by atoms with Gasteiger partial charge >= 0.3 is 0 Å². The molecule has 4 rings (SSSR count). The average Bonchev–Trinajstić information content (AvgIpc) is 3.42. The Bertz CT molecular complexity index is 1270. The second-order valence-corrected chi connectivity index (χ2v) is 12.8. The average molecular weight is 614 g/mol. The van der Waals surface area contributed by atoms with Gasteiger partial charge in [-0.1, -0.05) is 20.8 Å². The first kappa shape index (κ1) is 33.5. The molecule has 2 aliphatic rings. The van der Waals surface area contributed by atoms with Gasteiger partial charge in [0.1, 0.15) is 24.0 Å². The number of hydrogen-bond acceptors (Lipinski definition) is 10. The number of amides is 1. The molecule has 242 valence electrons. The first-order valence-electron chi connectivity index (χ1n) is 15.7. The molecule has 11 nitrogen and oxygen atoms in total. The minimum Gasteiger partial charge on any atom is -0.463 e. The van der Waals surface area contributed by atoms with Crippen molar-refractivity contribution in [3.8, 4) is 11.6 Å². The molecule has 2 aliphatic heterocycles. The van der Waals surface area contributed by atoms with Crippen LogP contribution in [0.5, 0.6) is 11.6 Å². The number of ether oxygens (including phenoxy) is 2. The van der Waals surface area contributed by atoms with Crippen molar-refractivity contribution in [3.05, 3.63) is 35.9 Å². The number of benzene rings is 1. The fourth-order valence-electron chi connectivity index (χ4n) is 6.57. The Balaban J connectivity index is 1.47. The largest absolute Gasteiger partial charge is 0.463 e. The molecule has 0 radical (unpaired) electrons. The third-order valence-corrected chi connectivity index (χ3v) is 9.04. The van der Waals surface area contributed by atoms with Crippen LogP contribution in [0.1, 0.15) is 64.7 Å². The fourth-order valence-corrected chi connectivity index (χ4v) is 6.57. The Morgan fingerprint density at radius 3 is 2.55 bits per heavy atom. The van der Waals surface area contributed by atoms with E-state index in [1.807, 2.05) is 27.8 Å². The van der Waals surface area contributed by atoms with Crippen molar-refractivity contribution in [2.24, 2.45) is 11.3 Å². The summed E-state index contributed by atoms with van der Waals surface area (Å²) in [5.41, 5.74) is 0.235. The van der Waals surface area contributed by atoms with Crippen LogP contribution < -0.4 is 9.64 Å². The Morgan fingerprint density at radius 1 is 1.16 bits per heavy atom. The van der Waals surface area contributed by atoms with Gasteiger partial charge in [0.25, 0.3) is 18.3 Å². The van der Waals surface area contributed by atoms with E-state index in [0.717, 1.165) is 45.6 Å². The van der Waals surface area contributed by atoms with Gasteiger partial charge in [0.05, 0.1) is 5.56 Å². The lowest BCUT2D eigenvalue weighted by Gasteiger charge is -2.53. The zero-order valence-electron chi connectivity index (χ0n) is 27.2. The Labute approximate surface area is 260 Å². The van der Waals surface area contributed by atoms with Crippen molar-refractivity contribution in [3.63, 3.8) is 0 Å². The smallest absolute Gasteiger partial charge is 0.293 e. The number of likely N-dealkylation sites (tertiary alicyclic amines) is 1. The molecule has 0 unspecified atom stereocenters. The van der Waals surface area contributed by atoms with E-state index < -0.39 is 5.82 Å². The summed E-state index contributed by atoms with van der Waals surface area (Å²) in [6.45, 7) is 18.4. The second kappa shape index (κ2) is 14.6. The molecule has 3 heterocycles. The van der Waals surface area contributed by atoms with Gasteiger partial charge in [0.15, 0.2) is 5.82 Å². The van der Waals surface area contributed by atoms with Crippen LogP contribution in [0.2, 0.25) is 0 Å². The number of hydrogen-bond donors (Lipinski definition) is 0. The summed E-state index contributed by atoms with van der Waals surface area (Å²) >= 11 is 0. The van der Waals surface area contributed by atoms with Crippen LogP contribution in [0.25, 0.3) is 0 Å². The highest BCUT2D eigenvalue weighted by Crippen LogP contribution is 2.44. The van der Waals surface area contributed by atoms with Crippen molar-refractivity contribution in [2.75, 3.05) is 57.8 Å². The topological polar surface area (TPSA) is 104 Å². The number of anilines is 1. The summed E-state index contributed by atoms with van der Waals surface area (Å²) in [6, 6.07) is 4.17. The second-order valence-electron chi connectivity index (χ2n) is 12.8. The van der Waals surface area contributed by atoms with Gasteiger partial charge in [-0.3, -0.25) is 14.5 Å². The predicted molar refractivity (Wildman–Crippen MR) is 166 cm³/mol. The van der Waals surface area contributed by atoms with Crippen LogP contribution >= 0.6 is 0 Å². The summed E-state index contributed by atoms with van der Waals surface area (Å²) in [6.07, 6.45) is 3.02. The molecule has 2 aromatic rings. The normalized spacial score (nSPS) is 17.7. The molecule has 0 saturated carbocycles. The lowest BCUT2D eigenvalue weighted by atomic mass is 9.76. The van der Waals surface area contributed by atoms with Gasteiger partial charge in [0, 0.05) is 63.2 Å². The van der Waals surface area contributed by atoms with Crippen LogP contribution in [-0.2, 0) is 9.53 Å². The molecule has 0 N–H and O–H groups in total. The van der Waals surface area contributed by atoms with E-state index in [-0.39, 0.29) is 40.7 Å². The van der Waals surface area contributed by atoms with E-state index in [1.54, 1.807) is 4.90 Å².